The Morgan fingerprint density at radius 1 is 1.03 bits per heavy atom. The molecule has 0 aliphatic carbocycles. The van der Waals surface area contributed by atoms with Crippen LogP contribution in [-0.2, 0) is 0 Å². The number of piperazine rings is 1. The third-order valence-corrected chi connectivity index (χ3v) is 5.83. The van der Waals surface area contributed by atoms with Crippen molar-refractivity contribution in [1.82, 2.24) is 24.5 Å². The Bertz CT molecular complexity index is 1180. The van der Waals surface area contributed by atoms with E-state index in [2.05, 4.69) is 26.8 Å². The van der Waals surface area contributed by atoms with Crippen molar-refractivity contribution in [1.29, 1.82) is 0 Å². The Labute approximate surface area is 168 Å². The Balaban J connectivity index is 1.54. The van der Waals surface area contributed by atoms with E-state index in [-0.39, 0.29) is 11.7 Å². The third kappa shape index (κ3) is 3.21. The van der Waals surface area contributed by atoms with E-state index in [1.807, 2.05) is 41.8 Å². The molecule has 1 atom stereocenters. The summed E-state index contributed by atoms with van der Waals surface area (Å²) in [6, 6.07) is 11.2. The number of anilines is 1. The van der Waals surface area contributed by atoms with Crippen molar-refractivity contribution in [2.45, 2.75) is 12.8 Å². The fourth-order valence-corrected chi connectivity index (χ4v) is 3.98. The molecule has 6 nitrogen and oxygen atoms in total. The first-order valence-electron chi connectivity index (χ1n) is 9.92. The average molecular weight is 390 g/mol. The van der Waals surface area contributed by atoms with Gasteiger partial charge in [-0.3, -0.25) is 4.98 Å². The van der Waals surface area contributed by atoms with Crippen LogP contribution in [0.2, 0.25) is 0 Å². The van der Waals surface area contributed by atoms with Gasteiger partial charge in [-0.2, -0.15) is 0 Å². The molecule has 4 aromatic rings. The Morgan fingerprint density at radius 2 is 1.86 bits per heavy atom. The van der Waals surface area contributed by atoms with Crippen LogP contribution in [0, 0.1) is 5.82 Å². The summed E-state index contributed by atoms with van der Waals surface area (Å²) in [6.45, 7) is 5.92. The molecular formula is C22H23FN6. The van der Waals surface area contributed by atoms with Crippen LogP contribution in [0.4, 0.5) is 10.2 Å². The summed E-state index contributed by atoms with van der Waals surface area (Å²) in [4.78, 5) is 13.3. The minimum atomic E-state index is -0.256. The SMILES string of the molecule is CC(c1cc2cccnc2cc1F)c1cnc2ccc(N3CCN(C)CC3)nn12. The summed E-state index contributed by atoms with van der Waals surface area (Å²) in [7, 11) is 2.14. The van der Waals surface area contributed by atoms with Crippen molar-refractivity contribution >= 4 is 22.4 Å². The molecule has 0 bridgehead atoms. The molecule has 1 unspecified atom stereocenters. The van der Waals surface area contributed by atoms with Gasteiger partial charge in [0.1, 0.15) is 11.6 Å². The molecule has 0 radical (unpaired) electrons. The first-order valence-corrected chi connectivity index (χ1v) is 9.92. The van der Waals surface area contributed by atoms with Gasteiger partial charge in [-0.15, -0.1) is 5.10 Å². The lowest BCUT2D eigenvalue weighted by molar-refractivity contribution is 0.311. The highest BCUT2D eigenvalue weighted by molar-refractivity contribution is 5.79. The van der Waals surface area contributed by atoms with Crippen LogP contribution in [0.25, 0.3) is 16.6 Å². The number of hydrogen-bond donors (Lipinski definition) is 0. The number of fused-ring (bicyclic) bond motifs is 2. The van der Waals surface area contributed by atoms with Gasteiger partial charge in [0.05, 0.1) is 17.4 Å². The van der Waals surface area contributed by atoms with E-state index in [0.29, 0.717) is 11.1 Å². The van der Waals surface area contributed by atoms with Crippen LogP contribution in [0.15, 0.2) is 48.8 Å². The highest BCUT2D eigenvalue weighted by atomic mass is 19.1. The monoisotopic (exact) mass is 390 g/mol. The van der Waals surface area contributed by atoms with Crippen LogP contribution in [-0.4, -0.2) is 57.7 Å². The molecule has 148 valence electrons. The lowest BCUT2D eigenvalue weighted by Gasteiger charge is -2.33. The summed E-state index contributed by atoms with van der Waals surface area (Å²) in [6.07, 6.45) is 3.48. The van der Waals surface area contributed by atoms with Gasteiger partial charge in [0.2, 0.25) is 0 Å². The number of benzene rings is 1. The largest absolute Gasteiger partial charge is 0.353 e. The smallest absolute Gasteiger partial charge is 0.153 e. The molecule has 5 rings (SSSR count). The predicted molar refractivity (Wildman–Crippen MR) is 112 cm³/mol. The van der Waals surface area contributed by atoms with E-state index >= 15 is 0 Å². The first-order chi connectivity index (χ1) is 14.1. The van der Waals surface area contributed by atoms with Crippen molar-refractivity contribution in [3.8, 4) is 0 Å². The molecule has 7 heteroatoms. The summed E-state index contributed by atoms with van der Waals surface area (Å²) >= 11 is 0. The summed E-state index contributed by atoms with van der Waals surface area (Å²) in [5.74, 6) is 0.485. The van der Waals surface area contributed by atoms with Crippen molar-refractivity contribution < 1.29 is 4.39 Å². The maximum Gasteiger partial charge on any atom is 0.153 e. The maximum atomic E-state index is 14.9. The van der Waals surface area contributed by atoms with Crippen molar-refractivity contribution in [2.24, 2.45) is 0 Å². The number of imidazole rings is 1. The normalized spacial score (nSPS) is 16.6. The quantitative estimate of drug-likeness (QED) is 0.537. The highest BCUT2D eigenvalue weighted by Gasteiger charge is 2.21. The molecule has 1 aromatic carbocycles. The van der Waals surface area contributed by atoms with Gasteiger partial charge < -0.3 is 9.80 Å². The number of aromatic nitrogens is 4. The Hall–Kier alpha value is -3.06. The van der Waals surface area contributed by atoms with E-state index < -0.39 is 0 Å². The first kappa shape index (κ1) is 18.0. The minimum Gasteiger partial charge on any atom is -0.353 e. The summed E-state index contributed by atoms with van der Waals surface area (Å²) in [5, 5.41) is 5.78. The molecule has 1 aliphatic heterocycles. The number of nitrogens with zero attached hydrogens (tertiary/aromatic N) is 6. The molecule has 1 saturated heterocycles. The van der Waals surface area contributed by atoms with E-state index in [1.54, 1.807) is 12.4 Å². The highest BCUT2D eigenvalue weighted by Crippen LogP contribution is 2.30. The summed E-state index contributed by atoms with van der Waals surface area (Å²) in [5.41, 5.74) is 2.93. The molecule has 1 aliphatic rings. The number of likely N-dealkylation sites (N-methyl/N-ethyl adjacent to an activating group) is 1. The van der Waals surface area contributed by atoms with Crippen LogP contribution >= 0.6 is 0 Å². The maximum absolute atomic E-state index is 14.9. The fourth-order valence-electron chi connectivity index (χ4n) is 3.98. The molecule has 3 aromatic heterocycles. The molecule has 0 amide bonds. The van der Waals surface area contributed by atoms with Crippen LogP contribution in [0.3, 0.4) is 0 Å². The zero-order chi connectivity index (χ0) is 20.0. The molecular weight excluding hydrogens is 367 g/mol. The lowest BCUT2D eigenvalue weighted by Crippen LogP contribution is -2.45. The average Bonchev–Trinajstić information content (AvgIpc) is 3.16. The summed E-state index contributed by atoms with van der Waals surface area (Å²) < 4.78 is 16.7. The molecule has 1 fully saturated rings. The van der Waals surface area contributed by atoms with Gasteiger partial charge in [0.25, 0.3) is 0 Å². The van der Waals surface area contributed by atoms with E-state index in [4.69, 9.17) is 5.10 Å². The minimum absolute atomic E-state index is 0.190. The van der Waals surface area contributed by atoms with E-state index in [9.17, 15) is 4.39 Å². The molecule has 0 saturated carbocycles. The van der Waals surface area contributed by atoms with Crippen molar-refractivity contribution in [3.05, 3.63) is 65.9 Å². The van der Waals surface area contributed by atoms with Gasteiger partial charge >= 0.3 is 0 Å². The molecule has 4 heterocycles. The van der Waals surface area contributed by atoms with Gasteiger partial charge in [-0.05, 0) is 36.9 Å². The van der Waals surface area contributed by atoms with Crippen LogP contribution < -0.4 is 4.90 Å². The third-order valence-electron chi connectivity index (χ3n) is 5.83. The van der Waals surface area contributed by atoms with Gasteiger partial charge in [0, 0.05) is 49.7 Å². The van der Waals surface area contributed by atoms with Gasteiger partial charge in [-0.1, -0.05) is 13.0 Å². The zero-order valence-electron chi connectivity index (χ0n) is 16.6. The number of rotatable bonds is 3. The molecule has 0 spiro atoms. The Kier molecular flexibility index (Phi) is 4.39. The number of hydrogen-bond acceptors (Lipinski definition) is 5. The zero-order valence-corrected chi connectivity index (χ0v) is 16.6. The van der Waals surface area contributed by atoms with E-state index in [1.165, 1.54) is 6.07 Å². The fraction of sp³-hybridized carbons (Fsp3) is 0.318. The number of pyridine rings is 1. The van der Waals surface area contributed by atoms with Crippen molar-refractivity contribution in [2.75, 3.05) is 38.1 Å². The lowest BCUT2D eigenvalue weighted by atomic mass is 9.96. The van der Waals surface area contributed by atoms with Gasteiger partial charge in [-0.25, -0.2) is 13.9 Å². The second-order valence-corrected chi connectivity index (χ2v) is 7.73. The molecule has 29 heavy (non-hydrogen) atoms. The Morgan fingerprint density at radius 3 is 2.69 bits per heavy atom. The topological polar surface area (TPSA) is 49.6 Å². The van der Waals surface area contributed by atoms with Crippen LogP contribution in [0.1, 0.15) is 24.1 Å². The van der Waals surface area contributed by atoms with Crippen molar-refractivity contribution in [3.63, 3.8) is 0 Å². The standard InChI is InChI=1S/C22H23FN6/c1-15(17-12-16-4-3-7-24-19(16)13-18(17)23)20-14-25-21-5-6-22(26-29(20)21)28-10-8-27(2)9-11-28/h3-7,12-15H,8-11H2,1-2H3. The predicted octanol–water partition coefficient (Wildman–Crippen LogP) is 3.32. The van der Waals surface area contributed by atoms with Crippen LogP contribution in [0.5, 0.6) is 0 Å². The van der Waals surface area contributed by atoms with E-state index in [0.717, 1.165) is 48.7 Å². The van der Waals surface area contributed by atoms with Gasteiger partial charge in [0.15, 0.2) is 5.65 Å². The molecule has 0 N–H and O–H groups in total. The second-order valence-electron chi connectivity index (χ2n) is 7.73. The number of halogens is 1. The second kappa shape index (κ2) is 7.08.